The summed E-state index contributed by atoms with van der Waals surface area (Å²) in [5.74, 6) is -0.415. The molecule has 0 aliphatic rings. The van der Waals surface area contributed by atoms with Crippen molar-refractivity contribution in [3.63, 3.8) is 0 Å². The molecule has 1 heterocycles. The van der Waals surface area contributed by atoms with Gasteiger partial charge in [-0.05, 0) is 42.5 Å². The number of hydrogen-bond donors (Lipinski definition) is 0. The maximum absolute atomic E-state index is 12.4. The third-order valence-electron chi connectivity index (χ3n) is 3.09. The first-order valence-corrected chi connectivity index (χ1v) is 6.83. The number of benzene rings is 2. The molecule has 0 unspecified atom stereocenters. The fraction of sp³-hybridized carbons (Fsp3) is 0. The Bertz CT molecular complexity index is 896. The van der Waals surface area contributed by atoms with E-state index in [1.54, 1.807) is 36.4 Å². The fourth-order valence-electron chi connectivity index (χ4n) is 2.02. The molecule has 2 aromatic carbocycles. The van der Waals surface area contributed by atoms with E-state index in [0.717, 1.165) is 0 Å². The Balaban J connectivity index is 2.16. The second-order valence-electron chi connectivity index (χ2n) is 4.46. The lowest BCUT2D eigenvalue weighted by Crippen LogP contribution is -2.15. The molecule has 0 saturated carbocycles. The maximum Gasteiger partial charge on any atom is 0.203 e. The van der Waals surface area contributed by atoms with Gasteiger partial charge in [-0.2, -0.15) is 0 Å². The predicted octanol–water partition coefficient (Wildman–Crippen LogP) is 4.33. The second-order valence-corrected chi connectivity index (χ2v) is 5.33. The average Bonchev–Trinajstić information content (AvgIpc) is 2.48. The van der Waals surface area contributed by atoms with E-state index in [0.29, 0.717) is 21.2 Å². The lowest BCUT2D eigenvalue weighted by Gasteiger charge is -2.03. The summed E-state index contributed by atoms with van der Waals surface area (Å²) in [7, 11) is 0. The van der Waals surface area contributed by atoms with E-state index in [2.05, 4.69) is 0 Å². The van der Waals surface area contributed by atoms with Gasteiger partial charge in [-0.3, -0.25) is 9.59 Å². The Kier molecular flexibility index (Phi) is 3.53. The van der Waals surface area contributed by atoms with Crippen LogP contribution in [0.15, 0.2) is 57.9 Å². The first-order valence-electron chi connectivity index (χ1n) is 6.07. The van der Waals surface area contributed by atoms with Crippen LogP contribution in [0.1, 0.15) is 15.9 Å². The van der Waals surface area contributed by atoms with E-state index in [1.165, 1.54) is 12.3 Å². The molecule has 0 fully saturated rings. The number of fused-ring (bicyclic) bond motifs is 1. The van der Waals surface area contributed by atoms with Gasteiger partial charge < -0.3 is 4.42 Å². The minimum Gasteiger partial charge on any atom is -0.463 e. The van der Waals surface area contributed by atoms with E-state index in [9.17, 15) is 9.59 Å². The van der Waals surface area contributed by atoms with Gasteiger partial charge in [0.15, 0.2) is 5.78 Å². The van der Waals surface area contributed by atoms with Crippen LogP contribution in [-0.4, -0.2) is 5.78 Å². The Morgan fingerprint density at radius 2 is 1.62 bits per heavy atom. The molecule has 0 saturated heterocycles. The number of carbonyl (C=O) groups excluding carboxylic acids is 1. The van der Waals surface area contributed by atoms with Gasteiger partial charge in [0.1, 0.15) is 17.4 Å². The largest absolute Gasteiger partial charge is 0.463 e. The summed E-state index contributed by atoms with van der Waals surface area (Å²) in [5, 5.41) is 1.21. The lowest BCUT2D eigenvalue weighted by atomic mass is 10.0. The minimum atomic E-state index is -0.415. The smallest absolute Gasteiger partial charge is 0.203 e. The molecule has 3 aromatic rings. The summed E-state index contributed by atoms with van der Waals surface area (Å²) in [6, 6.07) is 11.0. The standard InChI is InChI=1S/C16H8Cl2O3/c17-10-3-1-9(2-4-10)15(19)13-8-21-14-6-5-11(18)7-12(14)16(13)20/h1-8H. The van der Waals surface area contributed by atoms with Crippen LogP contribution in [0.5, 0.6) is 0 Å². The average molecular weight is 319 g/mol. The van der Waals surface area contributed by atoms with E-state index >= 15 is 0 Å². The Morgan fingerprint density at radius 3 is 2.33 bits per heavy atom. The molecule has 3 rings (SSSR count). The van der Waals surface area contributed by atoms with Crippen molar-refractivity contribution in [1.82, 2.24) is 0 Å². The SMILES string of the molecule is O=C(c1ccc(Cl)cc1)c1coc2ccc(Cl)cc2c1=O. The van der Waals surface area contributed by atoms with Crippen molar-refractivity contribution in [3.05, 3.63) is 80.1 Å². The number of halogens is 2. The summed E-state index contributed by atoms with van der Waals surface area (Å²) < 4.78 is 5.34. The molecule has 0 bridgehead atoms. The van der Waals surface area contributed by atoms with Crippen LogP contribution in [0.3, 0.4) is 0 Å². The van der Waals surface area contributed by atoms with Crippen LogP contribution in [0, 0.1) is 0 Å². The topological polar surface area (TPSA) is 47.3 Å². The van der Waals surface area contributed by atoms with E-state index in [4.69, 9.17) is 27.6 Å². The van der Waals surface area contributed by atoms with Crippen molar-refractivity contribution in [2.45, 2.75) is 0 Å². The summed E-state index contributed by atoms with van der Waals surface area (Å²) in [4.78, 5) is 24.8. The molecular weight excluding hydrogens is 311 g/mol. The van der Waals surface area contributed by atoms with Gasteiger partial charge in [-0.15, -0.1) is 0 Å². The van der Waals surface area contributed by atoms with Gasteiger partial charge in [0.05, 0.1) is 5.39 Å². The Hall–Kier alpha value is -2.10. The van der Waals surface area contributed by atoms with Gasteiger partial charge >= 0.3 is 0 Å². The highest BCUT2D eigenvalue weighted by Crippen LogP contribution is 2.18. The molecule has 0 atom stereocenters. The van der Waals surface area contributed by atoms with Gasteiger partial charge in [0.2, 0.25) is 5.43 Å². The van der Waals surface area contributed by atoms with E-state index in [1.807, 2.05) is 0 Å². The molecule has 3 nitrogen and oxygen atoms in total. The van der Waals surface area contributed by atoms with Crippen molar-refractivity contribution in [3.8, 4) is 0 Å². The molecule has 0 aliphatic carbocycles. The maximum atomic E-state index is 12.4. The zero-order valence-electron chi connectivity index (χ0n) is 10.6. The summed E-state index contributed by atoms with van der Waals surface area (Å²) >= 11 is 11.7. The molecule has 0 aliphatic heterocycles. The highest BCUT2D eigenvalue weighted by molar-refractivity contribution is 6.31. The number of carbonyl (C=O) groups is 1. The normalized spacial score (nSPS) is 10.8. The van der Waals surface area contributed by atoms with Crippen molar-refractivity contribution >= 4 is 40.0 Å². The van der Waals surface area contributed by atoms with Crippen molar-refractivity contribution in [1.29, 1.82) is 0 Å². The molecular formula is C16H8Cl2O3. The summed E-state index contributed by atoms with van der Waals surface area (Å²) in [6.45, 7) is 0. The van der Waals surface area contributed by atoms with Gasteiger partial charge in [-0.25, -0.2) is 0 Å². The number of rotatable bonds is 2. The van der Waals surface area contributed by atoms with Gasteiger partial charge in [0.25, 0.3) is 0 Å². The van der Waals surface area contributed by atoms with E-state index < -0.39 is 11.2 Å². The highest BCUT2D eigenvalue weighted by Gasteiger charge is 2.16. The molecule has 104 valence electrons. The minimum absolute atomic E-state index is 0.0351. The molecule has 21 heavy (non-hydrogen) atoms. The van der Waals surface area contributed by atoms with Crippen molar-refractivity contribution in [2.75, 3.05) is 0 Å². The lowest BCUT2D eigenvalue weighted by molar-refractivity contribution is 0.103. The Morgan fingerprint density at radius 1 is 0.952 bits per heavy atom. The van der Waals surface area contributed by atoms with Crippen LogP contribution in [0.4, 0.5) is 0 Å². The fourth-order valence-corrected chi connectivity index (χ4v) is 2.31. The molecule has 0 amide bonds. The van der Waals surface area contributed by atoms with E-state index in [-0.39, 0.29) is 10.9 Å². The zero-order valence-corrected chi connectivity index (χ0v) is 12.1. The monoisotopic (exact) mass is 318 g/mol. The summed E-state index contributed by atoms with van der Waals surface area (Å²) in [6.07, 6.45) is 1.18. The number of hydrogen-bond acceptors (Lipinski definition) is 3. The predicted molar refractivity (Wildman–Crippen MR) is 82.4 cm³/mol. The first-order chi connectivity index (χ1) is 10.1. The van der Waals surface area contributed by atoms with Gasteiger partial charge in [-0.1, -0.05) is 23.2 Å². The molecule has 0 N–H and O–H groups in total. The first kappa shape index (κ1) is 13.9. The van der Waals surface area contributed by atoms with Crippen LogP contribution in [0.2, 0.25) is 10.0 Å². The van der Waals surface area contributed by atoms with Crippen LogP contribution >= 0.6 is 23.2 Å². The third-order valence-corrected chi connectivity index (χ3v) is 3.57. The Labute approximate surface area is 129 Å². The third kappa shape index (κ3) is 2.58. The van der Waals surface area contributed by atoms with Crippen LogP contribution in [-0.2, 0) is 0 Å². The molecule has 0 spiro atoms. The zero-order chi connectivity index (χ0) is 15.0. The van der Waals surface area contributed by atoms with Crippen molar-refractivity contribution in [2.24, 2.45) is 0 Å². The molecule has 5 heteroatoms. The quantitative estimate of drug-likeness (QED) is 0.661. The second kappa shape index (κ2) is 5.35. The highest BCUT2D eigenvalue weighted by atomic mass is 35.5. The molecule has 1 aromatic heterocycles. The van der Waals surface area contributed by atoms with Crippen molar-refractivity contribution < 1.29 is 9.21 Å². The van der Waals surface area contributed by atoms with Gasteiger partial charge in [0, 0.05) is 15.6 Å². The van der Waals surface area contributed by atoms with Crippen LogP contribution < -0.4 is 5.43 Å². The summed E-state index contributed by atoms with van der Waals surface area (Å²) in [5.41, 5.74) is 0.316. The number of ketones is 1. The molecule has 0 radical (unpaired) electrons. The van der Waals surface area contributed by atoms with Crippen LogP contribution in [0.25, 0.3) is 11.0 Å².